The van der Waals surface area contributed by atoms with Crippen LogP contribution in [-0.4, -0.2) is 31.6 Å². The van der Waals surface area contributed by atoms with Gasteiger partial charge in [0.2, 0.25) is 0 Å². The predicted octanol–water partition coefficient (Wildman–Crippen LogP) is 2.25. The van der Waals surface area contributed by atoms with Gasteiger partial charge < -0.3 is 10.5 Å². The molecule has 102 valence electrons. The van der Waals surface area contributed by atoms with Crippen molar-refractivity contribution >= 4 is 0 Å². The van der Waals surface area contributed by atoms with E-state index >= 15 is 0 Å². The quantitative estimate of drug-likeness (QED) is 0.811. The highest BCUT2D eigenvalue weighted by Gasteiger charge is 2.10. The monoisotopic (exact) mass is 254 g/mol. The summed E-state index contributed by atoms with van der Waals surface area (Å²) in [5.74, 6) is 0.433. The molecule has 0 aliphatic carbocycles. The standard InChI is InChI=1S/C14H23FN2O/c1-4-17(9-11(2)8-16)10-12-5-6-14(18-3)13(15)7-12/h5-7,11H,4,8-10,16H2,1-3H3. The maximum absolute atomic E-state index is 13.6. The van der Waals surface area contributed by atoms with Crippen molar-refractivity contribution < 1.29 is 9.13 Å². The minimum Gasteiger partial charge on any atom is -0.494 e. The van der Waals surface area contributed by atoms with Crippen LogP contribution in [-0.2, 0) is 6.54 Å². The molecule has 0 aliphatic rings. The Balaban J connectivity index is 2.67. The lowest BCUT2D eigenvalue weighted by atomic mass is 10.1. The number of halogens is 1. The van der Waals surface area contributed by atoms with Crippen LogP contribution in [0.1, 0.15) is 19.4 Å². The van der Waals surface area contributed by atoms with E-state index in [4.69, 9.17) is 10.5 Å². The summed E-state index contributed by atoms with van der Waals surface area (Å²) in [7, 11) is 1.47. The topological polar surface area (TPSA) is 38.5 Å². The van der Waals surface area contributed by atoms with E-state index in [2.05, 4.69) is 18.7 Å². The number of ether oxygens (including phenoxy) is 1. The van der Waals surface area contributed by atoms with E-state index in [0.29, 0.717) is 12.5 Å². The van der Waals surface area contributed by atoms with Crippen molar-refractivity contribution in [3.63, 3.8) is 0 Å². The first-order chi connectivity index (χ1) is 8.60. The van der Waals surface area contributed by atoms with Crippen LogP contribution in [0.4, 0.5) is 4.39 Å². The molecule has 1 rings (SSSR count). The number of nitrogens with two attached hydrogens (primary N) is 1. The van der Waals surface area contributed by atoms with E-state index in [0.717, 1.165) is 25.2 Å². The van der Waals surface area contributed by atoms with E-state index in [9.17, 15) is 4.39 Å². The Morgan fingerprint density at radius 1 is 1.44 bits per heavy atom. The summed E-state index contributed by atoms with van der Waals surface area (Å²) < 4.78 is 18.5. The SMILES string of the molecule is CCN(Cc1ccc(OC)c(F)c1)CC(C)CN. The van der Waals surface area contributed by atoms with Gasteiger partial charge in [-0.15, -0.1) is 0 Å². The van der Waals surface area contributed by atoms with Gasteiger partial charge >= 0.3 is 0 Å². The molecule has 4 heteroatoms. The molecule has 0 amide bonds. The van der Waals surface area contributed by atoms with Crippen molar-refractivity contribution in [2.24, 2.45) is 11.7 Å². The van der Waals surface area contributed by atoms with Gasteiger partial charge in [-0.25, -0.2) is 4.39 Å². The first-order valence-corrected chi connectivity index (χ1v) is 6.35. The number of nitrogens with zero attached hydrogens (tertiary/aromatic N) is 1. The fourth-order valence-electron chi connectivity index (χ4n) is 1.89. The van der Waals surface area contributed by atoms with Crippen LogP contribution in [0.5, 0.6) is 5.75 Å². The minimum absolute atomic E-state index is 0.289. The molecule has 0 fully saturated rings. The Hall–Kier alpha value is -1.13. The second-order valence-electron chi connectivity index (χ2n) is 4.64. The largest absolute Gasteiger partial charge is 0.494 e. The molecule has 0 aromatic heterocycles. The summed E-state index contributed by atoms with van der Waals surface area (Å²) in [6.07, 6.45) is 0. The van der Waals surface area contributed by atoms with Gasteiger partial charge in [-0.1, -0.05) is 19.9 Å². The average molecular weight is 254 g/mol. The molecule has 2 N–H and O–H groups in total. The molecular weight excluding hydrogens is 231 g/mol. The van der Waals surface area contributed by atoms with E-state index in [1.165, 1.54) is 13.2 Å². The smallest absolute Gasteiger partial charge is 0.165 e. The summed E-state index contributed by atoms with van der Waals surface area (Å²) in [5.41, 5.74) is 6.58. The Labute approximate surface area is 109 Å². The molecule has 0 saturated carbocycles. The highest BCUT2D eigenvalue weighted by Crippen LogP contribution is 2.18. The molecule has 0 aliphatic heterocycles. The van der Waals surface area contributed by atoms with Crippen LogP contribution >= 0.6 is 0 Å². The maximum Gasteiger partial charge on any atom is 0.165 e. The third-order valence-electron chi connectivity index (χ3n) is 3.04. The third kappa shape index (κ3) is 4.27. The second kappa shape index (κ2) is 7.34. The zero-order chi connectivity index (χ0) is 13.5. The van der Waals surface area contributed by atoms with Crippen LogP contribution in [0.2, 0.25) is 0 Å². The van der Waals surface area contributed by atoms with Gasteiger partial charge in [0.15, 0.2) is 11.6 Å². The van der Waals surface area contributed by atoms with Gasteiger partial charge in [0.25, 0.3) is 0 Å². The van der Waals surface area contributed by atoms with Crippen molar-refractivity contribution in [1.82, 2.24) is 4.90 Å². The Bertz CT molecular complexity index is 371. The normalized spacial score (nSPS) is 12.8. The van der Waals surface area contributed by atoms with Gasteiger partial charge in [0.1, 0.15) is 0 Å². The number of rotatable bonds is 7. The lowest BCUT2D eigenvalue weighted by Crippen LogP contribution is -2.31. The molecule has 3 nitrogen and oxygen atoms in total. The number of benzene rings is 1. The van der Waals surface area contributed by atoms with Gasteiger partial charge in [0.05, 0.1) is 7.11 Å². The number of hydrogen-bond acceptors (Lipinski definition) is 3. The van der Waals surface area contributed by atoms with Crippen LogP contribution in [0.15, 0.2) is 18.2 Å². The minimum atomic E-state index is -0.307. The average Bonchev–Trinajstić information content (AvgIpc) is 2.38. The molecule has 0 heterocycles. The highest BCUT2D eigenvalue weighted by atomic mass is 19.1. The van der Waals surface area contributed by atoms with Gasteiger partial charge in [-0.2, -0.15) is 0 Å². The van der Waals surface area contributed by atoms with Crippen molar-refractivity contribution in [1.29, 1.82) is 0 Å². The fourth-order valence-corrected chi connectivity index (χ4v) is 1.89. The van der Waals surface area contributed by atoms with Crippen LogP contribution in [0, 0.1) is 11.7 Å². The number of methoxy groups -OCH3 is 1. The lowest BCUT2D eigenvalue weighted by Gasteiger charge is -2.23. The van der Waals surface area contributed by atoms with Crippen LogP contribution < -0.4 is 10.5 Å². The van der Waals surface area contributed by atoms with Gasteiger partial charge in [-0.3, -0.25) is 4.90 Å². The molecule has 1 aromatic rings. The first kappa shape index (κ1) is 14.9. The van der Waals surface area contributed by atoms with Crippen molar-refractivity contribution in [3.05, 3.63) is 29.6 Å². The lowest BCUT2D eigenvalue weighted by molar-refractivity contribution is 0.243. The fraction of sp³-hybridized carbons (Fsp3) is 0.571. The van der Waals surface area contributed by atoms with E-state index in [1.54, 1.807) is 6.07 Å². The highest BCUT2D eigenvalue weighted by molar-refractivity contribution is 5.29. The molecule has 1 atom stereocenters. The molecule has 0 spiro atoms. The third-order valence-corrected chi connectivity index (χ3v) is 3.04. The molecule has 0 saturated heterocycles. The Morgan fingerprint density at radius 3 is 2.67 bits per heavy atom. The van der Waals surface area contributed by atoms with Crippen molar-refractivity contribution in [3.8, 4) is 5.75 Å². The van der Waals surface area contributed by atoms with Crippen molar-refractivity contribution in [2.45, 2.75) is 20.4 Å². The summed E-state index contributed by atoms with van der Waals surface area (Å²) in [5, 5.41) is 0. The summed E-state index contributed by atoms with van der Waals surface area (Å²) in [6.45, 7) is 7.49. The van der Waals surface area contributed by atoms with Gasteiger partial charge in [-0.05, 0) is 36.7 Å². The summed E-state index contributed by atoms with van der Waals surface area (Å²) in [4.78, 5) is 2.26. The molecule has 1 aromatic carbocycles. The summed E-state index contributed by atoms with van der Waals surface area (Å²) >= 11 is 0. The van der Waals surface area contributed by atoms with Crippen molar-refractivity contribution in [2.75, 3.05) is 26.7 Å². The Kier molecular flexibility index (Phi) is 6.09. The van der Waals surface area contributed by atoms with E-state index in [1.807, 2.05) is 6.07 Å². The maximum atomic E-state index is 13.6. The zero-order valence-electron chi connectivity index (χ0n) is 11.4. The second-order valence-corrected chi connectivity index (χ2v) is 4.64. The molecule has 1 unspecified atom stereocenters. The first-order valence-electron chi connectivity index (χ1n) is 6.35. The summed E-state index contributed by atoms with van der Waals surface area (Å²) in [6, 6.07) is 5.11. The van der Waals surface area contributed by atoms with E-state index in [-0.39, 0.29) is 11.6 Å². The molecule has 0 bridgehead atoms. The van der Waals surface area contributed by atoms with Gasteiger partial charge in [0, 0.05) is 13.1 Å². The van der Waals surface area contributed by atoms with Crippen LogP contribution in [0.25, 0.3) is 0 Å². The van der Waals surface area contributed by atoms with E-state index < -0.39 is 0 Å². The Morgan fingerprint density at radius 2 is 2.17 bits per heavy atom. The molecule has 0 radical (unpaired) electrons. The molecule has 18 heavy (non-hydrogen) atoms. The van der Waals surface area contributed by atoms with Crippen LogP contribution in [0.3, 0.4) is 0 Å². The number of hydrogen-bond donors (Lipinski definition) is 1. The predicted molar refractivity (Wildman–Crippen MR) is 72.1 cm³/mol. The molecular formula is C14H23FN2O. The zero-order valence-corrected chi connectivity index (χ0v) is 11.4.